The highest BCUT2D eigenvalue weighted by Gasteiger charge is 2.17. The van der Waals surface area contributed by atoms with Crippen molar-refractivity contribution in [1.29, 1.82) is 0 Å². The number of allylic oxidation sites excluding steroid dienone is 6. The summed E-state index contributed by atoms with van der Waals surface area (Å²) < 4.78 is 17.3. The molecule has 0 saturated carbocycles. The van der Waals surface area contributed by atoms with Crippen LogP contribution >= 0.6 is 0 Å². The highest BCUT2D eigenvalue weighted by Crippen LogP contribution is 2.14. The number of unbranched alkanes of at least 4 members (excludes halogenated alkanes) is 28. The van der Waals surface area contributed by atoms with E-state index in [1.54, 1.807) is 0 Å². The molecule has 1 unspecified atom stereocenters. The van der Waals surface area contributed by atoms with E-state index in [9.17, 15) is 9.59 Å². The topological polar surface area (TPSA) is 61.8 Å². The van der Waals surface area contributed by atoms with Gasteiger partial charge in [0.2, 0.25) is 0 Å². The first-order valence-electron chi connectivity index (χ1n) is 24.5. The molecule has 0 aromatic heterocycles. The average Bonchev–Trinajstić information content (AvgIpc) is 3.20. The van der Waals surface area contributed by atoms with Crippen LogP contribution in [0.2, 0.25) is 0 Å². The molecule has 0 aromatic carbocycles. The molecule has 0 heterocycles. The Morgan fingerprint density at radius 2 is 0.750 bits per heavy atom. The van der Waals surface area contributed by atoms with Gasteiger partial charge in [0.15, 0.2) is 6.10 Å². The molecule has 328 valence electrons. The maximum absolute atomic E-state index is 12.6. The fourth-order valence-electron chi connectivity index (χ4n) is 6.95. The second-order valence-corrected chi connectivity index (χ2v) is 16.4. The van der Waals surface area contributed by atoms with Crippen LogP contribution in [-0.2, 0) is 23.8 Å². The van der Waals surface area contributed by atoms with Crippen molar-refractivity contribution < 1.29 is 23.8 Å². The van der Waals surface area contributed by atoms with Gasteiger partial charge in [-0.1, -0.05) is 198 Å². The van der Waals surface area contributed by atoms with Gasteiger partial charge in [0.05, 0.1) is 6.61 Å². The summed E-state index contributed by atoms with van der Waals surface area (Å²) in [5.41, 5.74) is 0. The summed E-state index contributed by atoms with van der Waals surface area (Å²) in [7, 11) is 0. The smallest absolute Gasteiger partial charge is 0.306 e. The lowest BCUT2D eigenvalue weighted by molar-refractivity contribution is -0.163. The van der Waals surface area contributed by atoms with Gasteiger partial charge >= 0.3 is 11.9 Å². The van der Waals surface area contributed by atoms with Crippen LogP contribution in [0.25, 0.3) is 0 Å². The van der Waals surface area contributed by atoms with Crippen LogP contribution in [0.15, 0.2) is 36.5 Å². The van der Waals surface area contributed by atoms with Crippen LogP contribution < -0.4 is 0 Å². The average molecular weight is 787 g/mol. The van der Waals surface area contributed by atoms with Gasteiger partial charge in [0.1, 0.15) is 6.61 Å². The molecule has 0 N–H and O–H groups in total. The third-order valence-electron chi connectivity index (χ3n) is 10.6. The molecule has 0 aliphatic rings. The van der Waals surface area contributed by atoms with E-state index in [1.165, 1.54) is 173 Å². The zero-order valence-corrected chi connectivity index (χ0v) is 37.7. The Morgan fingerprint density at radius 1 is 0.393 bits per heavy atom. The highest BCUT2D eigenvalue weighted by molar-refractivity contribution is 5.70. The first-order chi connectivity index (χ1) is 27.6. The van der Waals surface area contributed by atoms with E-state index in [2.05, 4.69) is 57.2 Å². The van der Waals surface area contributed by atoms with Gasteiger partial charge in [0, 0.05) is 19.4 Å². The van der Waals surface area contributed by atoms with Crippen LogP contribution in [0.4, 0.5) is 0 Å². The summed E-state index contributed by atoms with van der Waals surface area (Å²) >= 11 is 0. The maximum Gasteiger partial charge on any atom is 0.306 e. The van der Waals surface area contributed by atoms with Crippen molar-refractivity contribution in [2.45, 2.75) is 258 Å². The van der Waals surface area contributed by atoms with Crippen molar-refractivity contribution in [1.82, 2.24) is 0 Å². The van der Waals surface area contributed by atoms with E-state index < -0.39 is 6.10 Å². The molecule has 1 atom stereocenters. The molecule has 0 amide bonds. The fourth-order valence-corrected chi connectivity index (χ4v) is 6.95. The first kappa shape index (κ1) is 54.1. The summed E-state index contributed by atoms with van der Waals surface area (Å²) in [4.78, 5) is 25.2. The van der Waals surface area contributed by atoms with E-state index in [1.807, 2.05) is 0 Å². The van der Waals surface area contributed by atoms with Gasteiger partial charge in [0.25, 0.3) is 0 Å². The van der Waals surface area contributed by atoms with E-state index in [0.29, 0.717) is 19.4 Å². The Bertz CT molecular complexity index is 893. The van der Waals surface area contributed by atoms with Crippen LogP contribution in [0.3, 0.4) is 0 Å². The molecular formula is C51H94O5. The normalized spacial score (nSPS) is 12.4. The van der Waals surface area contributed by atoms with E-state index in [-0.39, 0.29) is 25.2 Å². The van der Waals surface area contributed by atoms with E-state index in [0.717, 1.165) is 44.9 Å². The van der Waals surface area contributed by atoms with Crippen molar-refractivity contribution in [3.63, 3.8) is 0 Å². The highest BCUT2D eigenvalue weighted by atomic mass is 16.6. The Labute approximate surface area is 349 Å². The number of hydrogen-bond donors (Lipinski definition) is 0. The molecule has 0 aromatic rings. The zero-order chi connectivity index (χ0) is 40.7. The van der Waals surface area contributed by atoms with Crippen molar-refractivity contribution in [3.8, 4) is 0 Å². The molecule has 5 heteroatoms. The molecule has 56 heavy (non-hydrogen) atoms. The third-order valence-corrected chi connectivity index (χ3v) is 10.6. The standard InChI is InChI=1S/C51H94O5/c1-4-7-10-13-16-18-20-22-24-25-26-27-28-29-31-33-36-38-41-44-50(52)55-48-49(56-51(53)45-42-39-35-15-12-9-6-3)47-54-46-43-40-37-34-32-30-23-21-19-17-14-11-8-5-2/h16,18-19,21-22,24,49H,4-15,17,20,23,25-48H2,1-3H3/b18-16-,21-19-,24-22-. The quantitative estimate of drug-likeness (QED) is 0.0349. The van der Waals surface area contributed by atoms with Gasteiger partial charge in [-0.2, -0.15) is 0 Å². The minimum atomic E-state index is -0.533. The van der Waals surface area contributed by atoms with Crippen LogP contribution in [0.5, 0.6) is 0 Å². The Morgan fingerprint density at radius 3 is 1.25 bits per heavy atom. The molecule has 0 aliphatic carbocycles. The molecule has 0 fully saturated rings. The summed E-state index contributed by atoms with van der Waals surface area (Å²) in [6.07, 6.45) is 55.8. The largest absolute Gasteiger partial charge is 0.462 e. The van der Waals surface area contributed by atoms with Gasteiger partial charge < -0.3 is 14.2 Å². The number of rotatable bonds is 45. The Balaban J connectivity index is 4.10. The van der Waals surface area contributed by atoms with Gasteiger partial charge in [-0.15, -0.1) is 0 Å². The lowest BCUT2D eigenvalue weighted by Crippen LogP contribution is -2.30. The van der Waals surface area contributed by atoms with Crippen LogP contribution in [0.1, 0.15) is 252 Å². The zero-order valence-electron chi connectivity index (χ0n) is 37.7. The van der Waals surface area contributed by atoms with Crippen molar-refractivity contribution in [2.24, 2.45) is 0 Å². The Hall–Kier alpha value is -1.88. The van der Waals surface area contributed by atoms with E-state index >= 15 is 0 Å². The van der Waals surface area contributed by atoms with Crippen molar-refractivity contribution in [2.75, 3.05) is 19.8 Å². The van der Waals surface area contributed by atoms with Crippen LogP contribution in [0, 0.1) is 0 Å². The summed E-state index contributed by atoms with van der Waals surface area (Å²) in [5, 5.41) is 0. The number of carbonyl (C=O) groups excluding carboxylic acids is 2. The van der Waals surface area contributed by atoms with Gasteiger partial charge in [-0.3, -0.25) is 9.59 Å². The molecule has 0 rings (SSSR count). The summed E-state index contributed by atoms with van der Waals surface area (Å²) in [5.74, 6) is -0.402. The van der Waals surface area contributed by atoms with Crippen molar-refractivity contribution in [3.05, 3.63) is 36.5 Å². The number of esters is 2. The molecule has 0 radical (unpaired) electrons. The third kappa shape index (κ3) is 44.8. The fraction of sp³-hybridized carbons (Fsp3) is 0.843. The van der Waals surface area contributed by atoms with Gasteiger partial charge in [-0.05, 0) is 77.0 Å². The minimum absolute atomic E-state index is 0.0841. The number of hydrogen-bond acceptors (Lipinski definition) is 5. The molecule has 0 aliphatic heterocycles. The van der Waals surface area contributed by atoms with E-state index in [4.69, 9.17) is 14.2 Å². The number of ether oxygens (including phenoxy) is 3. The predicted molar refractivity (Wildman–Crippen MR) is 242 cm³/mol. The molecule has 0 spiro atoms. The molecule has 0 bridgehead atoms. The summed E-state index contributed by atoms with van der Waals surface area (Å²) in [6, 6.07) is 0. The summed E-state index contributed by atoms with van der Waals surface area (Å²) in [6.45, 7) is 7.76. The molecule has 0 saturated heterocycles. The second-order valence-electron chi connectivity index (χ2n) is 16.4. The number of carbonyl (C=O) groups is 2. The predicted octanol–water partition coefficient (Wildman–Crippen LogP) is 16.2. The van der Waals surface area contributed by atoms with Gasteiger partial charge in [-0.25, -0.2) is 0 Å². The molecular weight excluding hydrogens is 693 g/mol. The monoisotopic (exact) mass is 787 g/mol. The molecule has 5 nitrogen and oxygen atoms in total. The first-order valence-corrected chi connectivity index (χ1v) is 24.5. The Kier molecular flexibility index (Phi) is 45.9. The lowest BCUT2D eigenvalue weighted by Gasteiger charge is -2.18. The lowest BCUT2D eigenvalue weighted by atomic mass is 10.1. The minimum Gasteiger partial charge on any atom is -0.462 e. The van der Waals surface area contributed by atoms with Crippen LogP contribution in [-0.4, -0.2) is 37.9 Å². The maximum atomic E-state index is 12.6. The van der Waals surface area contributed by atoms with Crippen molar-refractivity contribution >= 4 is 11.9 Å². The second kappa shape index (κ2) is 47.5. The SMILES string of the molecule is CCCCC/C=C\C/C=C\CCCCCCCCCCCC(=O)OCC(COCCCCCCCC/C=C\CCCCCC)OC(=O)CCCCCCCCC.